The zero-order valence-corrected chi connectivity index (χ0v) is 12.5. The van der Waals surface area contributed by atoms with Crippen molar-refractivity contribution < 1.29 is 19.4 Å². The molecular formula is C17H19NO4. The molecule has 3 rings (SSSR count). The molecular weight excluding hydrogens is 282 g/mol. The number of methoxy groups -OCH3 is 1. The van der Waals surface area contributed by atoms with E-state index in [0.717, 1.165) is 42.5 Å². The lowest BCUT2D eigenvalue weighted by Crippen LogP contribution is -2.37. The van der Waals surface area contributed by atoms with Crippen LogP contribution in [-0.2, 0) is 9.59 Å². The second kappa shape index (κ2) is 5.83. The van der Waals surface area contributed by atoms with E-state index in [4.69, 9.17) is 4.74 Å². The van der Waals surface area contributed by atoms with Crippen LogP contribution in [0.15, 0.2) is 35.4 Å². The first kappa shape index (κ1) is 14.6. The van der Waals surface area contributed by atoms with Gasteiger partial charge in [0.1, 0.15) is 5.75 Å². The Bertz CT molecular complexity index is 633. The summed E-state index contributed by atoms with van der Waals surface area (Å²) in [6, 6.07) is 6.84. The predicted molar refractivity (Wildman–Crippen MR) is 82.0 cm³/mol. The van der Waals surface area contributed by atoms with E-state index < -0.39 is 5.97 Å². The maximum Gasteiger partial charge on any atom is 0.305 e. The molecule has 1 aliphatic heterocycles. The van der Waals surface area contributed by atoms with E-state index in [1.165, 1.54) is 0 Å². The Morgan fingerprint density at radius 2 is 1.95 bits per heavy atom. The second-order valence-corrected chi connectivity index (χ2v) is 5.70. The van der Waals surface area contributed by atoms with Gasteiger partial charge in [-0.05, 0) is 55.5 Å². The molecule has 0 saturated carbocycles. The highest BCUT2D eigenvalue weighted by Gasteiger charge is 2.41. The molecule has 0 radical (unpaired) electrons. The van der Waals surface area contributed by atoms with Crippen molar-refractivity contribution in [3.63, 3.8) is 0 Å². The molecule has 1 aliphatic carbocycles. The predicted octanol–water partition coefficient (Wildman–Crippen LogP) is 2.76. The van der Waals surface area contributed by atoms with Gasteiger partial charge < -0.3 is 14.7 Å². The Hall–Kier alpha value is -2.30. The number of ether oxygens (including phenoxy) is 1. The molecule has 0 aromatic heterocycles. The van der Waals surface area contributed by atoms with E-state index in [9.17, 15) is 14.7 Å². The van der Waals surface area contributed by atoms with Crippen LogP contribution < -0.4 is 9.64 Å². The summed E-state index contributed by atoms with van der Waals surface area (Å²) in [7, 11) is 1.59. The van der Waals surface area contributed by atoms with Gasteiger partial charge >= 0.3 is 5.97 Å². The molecule has 1 aromatic carbocycles. The number of nitrogens with zero attached hydrogens (tertiary/aromatic N) is 1. The fraction of sp³-hybridized carbons (Fsp3) is 0.412. The minimum absolute atomic E-state index is 0.0360. The minimum Gasteiger partial charge on any atom is -0.497 e. The summed E-state index contributed by atoms with van der Waals surface area (Å²) in [6.07, 6.45) is 3.57. The van der Waals surface area contributed by atoms with Crippen molar-refractivity contribution in [1.29, 1.82) is 0 Å². The highest BCUT2D eigenvalue weighted by molar-refractivity contribution is 6.10. The number of hydrogen-bond donors (Lipinski definition) is 1. The van der Waals surface area contributed by atoms with Crippen molar-refractivity contribution >= 4 is 17.6 Å². The molecule has 5 nitrogen and oxygen atoms in total. The second-order valence-electron chi connectivity index (χ2n) is 5.70. The summed E-state index contributed by atoms with van der Waals surface area (Å²) in [5.74, 6) is -0.204. The number of amides is 1. The average Bonchev–Trinajstić information content (AvgIpc) is 2.80. The fourth-order valence-corrected chi connectivity index (χ4v) is 3.40. The lowest BCUT2D eigenvalue weighted by molar-refractivity contribution is -0.137. The van der Waals surface area contributed by atoms with Gasteiger partial charge in [0.2, 0.25) is 0 Å². The van der Waals surface area contributed by atoms with Gasteiger partial charge in [0.25, 0.3) is 5.91 Å². The Kier molecular flexibility index (Phi) is 3.88. The molecule has 1 unspecified atom stereocenters. The van der Waals surface area contributed by atoms with Crippen molar-refractivity contribution in [3.8, 4) is 5.75 Å². The van der Waals surface area contributed by atoms with Crippen molar-refractivity contribution in [2.75, 3.05) is 12.0 Å². The largest absolute Gasteiger partial charge is 0.497 e. The van der Waals surface area contributed by atoms with Crippen molar-refractivity contribution in [2.45, 2.75) is 38.1 Å². The number of aliphatic carboxylic acids is 1. The number of carbonyl (C=O) groups excluding carboxylic acids is 1. The first-order valence-corrected chi connectivity index (χ1v) is 7.53. The van der Waals surface area contributed by atoms with Crippen molar-refractivity contribution in [1.82, 2.24) is 0 Å². The van der Waals surface area contributed by atoms with E-state index in [1.807, 2.05) is 12.1 Å². The molecule has 0 saturated heterocycles. The van der Waals surface area contributed by atoms with Crippen LogP contribution in [0, 0.1) is 0 Å². The Labute approximate surface area is 129 Å². The molecule has 1 heterocycles. The lowest BCUT2D eigenvalue weighted by Gasteiger charge is -2.26. The van der Waals surface area contributed by atoms with Gasteiger partial charge in [-0.15, -0.1) is 0 Å². The zero-order valence-electron chi connectivity index (χ0n) is 12.5. The van der Waals surface area contributed by atoms with Crippen LogP contribution in [0.4, 0.5) is 5.69 Å². The summed E-state index contributed by atoms with van der Waals surface area (Å²) >= 11 is 0. The molecule has 0 fully saturated rings. The molecule has 116 valence electrons. The van der Waals surface area contributed by atoms with Crippen LogP contribution in [0.3, 0.4) is 0 Å². The summed E-state index contributed by atoms with van der Waals surface area (Å²) in [6.45, 7) is 0. The van der Waals surface area contributed by atoms with Crippen LogP contribution in [-0.4, -0.2) is 30.1 Å². The Morgan fingerprint density at radius 3 is 2.59 bits per heavy atom. The van der Waals surface area contributed by atoms with Gasteiger partial charge in [0.15, 0.2) is 0 Å². The van der Waals surface area contributed by atoms with E-state index in [-0.39, 0.29) is 18.4 Å². The van der Waals surface area contributed by atoms with Gasteiger partial charge in [0.05, 0.1) is 19.6 Å². The monoisotopic (exact) mass is 301 g/mol. The number of hydrogen-bond acceptors (Lipinski definition) is 3. The van der Waals surface area contributed by atoms with Crippen molar-refractivity contribution in [2.24, 2.45) is 0 Å². The summed E-state index contributed by atoms with van der Waals surface area (Å²) in [4.78, 5) is 25.6. The number of anilines is 1. The molecule has 22 heavy (non-hydrogen) atoms. The maximum atomic E-state index is 12.7. The molecule has 1 N–H and O–H groups in total. The molecule has 0 spiro atoms. The van der Waals surface area contributed by atoms with E-state index >= 15 is 0 Å². The summed E-state index contributed by atoms with van der Waals surface area (Å²) < 4.78 is 5.14. The van der Waals surface area contributed by atoms with Crippen LogP contribution in [0.25, 0.3) is 0 Å². The number of carboxylic acid groups (broad SMARTS) is 1. The van der Waals surface area contributed by atoms with Crippen LogP contribution in [0.1, 0.15) is 32.1 Å². The summed E-state index contributed by atoms with van der Waals surface area (Å²) in [5, 5.41) is 9.22. The van der Waals surface area contributed by atoms with Crippen LogP contribution in [0.5, 0.6) is 5.75 Å². The normalized spacial score (nSPS) is 21.0. The lowest BCUT2D eigenvalue weighted by atomic mass is 9.89. The van der Waals surface area contributed by atoms with Gasteiger partial charge in [-0.25, -0.2) is 0 Å². The SMILES string of the molecule is COc1ccc(N2C(=O)C3=C(CCCC3)C2CC(=O)O)cc1. The zero-order chi connectivity index (χ0) is 15.7. The third kappa shape index (κ3) is 2.47. The third-order valence-electron chi connectivity index (χ3n) is 4.42. The fourth-order valence-electron chi connectivity index (χ4n) is 3.40. The summed E-state index contributed by atoms with van der Waals surface area (Å²) in [5.41, 5.74) is 2.58. The number of carbonyl (C=O) groups is 2. The molecule has 0 bridgehead atoms. The highest BCUT2D eigenvalue weighted by Crippen LogP contribution is 2.40. The van der Waals surface area contributed by atoms with Crippen molar-refractivity contribution in [3.05, 3.63) is 35.4 Å². The molecule has 5 heteroatoms. The molecule has 2 aliphatic rings. The first-order valence-electron chi connectivity index (χ1n) is 7.53. The minimum atomic E-state index is -0.879. The quantitative estimate of drug-likeness (QED) is 0.928. The van der Waals surface area contributed by atoms with Crippen LogP contribution in [0.2, 0.25) is 0 Å². The van der Waals surface area contributed by atoms with E-state index in [2.05, 4.69) is 0 Å². The molecule has 1 aromatic rings. The van der Waals surface area contributed by atoms with Gasteiger partial charge in [-0.2, -0.15) is 0 Å². The van der Waals surface area contributed by atoms with E-state index in [1.54, 1.807) is 24.1 Å². The highest BCUT2D eigenvalue weighted by atomic mass is 16.5. The van der Waals surface area contributed by atoms with E-state index in [0.29, 0.717) is 5.75 Å². The van der Waals surface area contributed by atoms with Gasteiger partial charge in [-0.1, -0.05) is 0 Å². The maximum absolute atomic E-state index is 12.7. The standard InChI is InChI=1S/C17H19NO4/c1-22-12-8-6-11(7-9-12)18-15(10-16(19)20)13-4-2-3-5-14(13)17(18)21/h6-9,15H,2-5,10H2,1H3,(H,19,20). The third-order valence-corrected chi connectivity index (χ3v) is 4.42. The first-order chi connectivity index (χ1) is 10.6. The smallest absolute Gasteiger partial charge is 0.305 e. The molecule has 1 amide bonds. The van der Waals surface area contributed by atoms with Crippen LogP contribution >= 0.6 is 0 Å². The van der Waals surface area contributed by atoms with Gasteiger partial charge in [-0.3, -0.25) is 9.59 Å². The average molecular weight is 301 g/mol. The van der Waals surface area contributed by atoms with Gasteiger partial charge in [0, 0.05) is 11.3 Å². The number of carboxylic acids is 1. The topological polar surface area (TPSA) is 66.8 Å². The molecule has 1 atom stereocenters. The number of benzene rings is 1. The Balaban J connectivity index is 1.97. The Morgan fingerprint density at radius 1 is 1.27 bits per heavy atom. The number of rotatable bonds is 4.